The van der Waals surface area contributed by atoms with Crippen molar-refractivity contribution in [2.24, 2.45) is 0 Å². The molecule has 1 N–H and O–H groups in total. The van der Waals surface area contributed by atoms with Crippen LogP contribution in [0.5, 0.6) is 5.75 Å². The van der Waals surface area contributed by atoms with Gasteiger partial charge in [-0.2, -0.15) is 5.10 Å². The van der Waals surface area contributed by atoms with Gasteiger partial charge in [0.25, 0.3) is 5.91 Å². The predicted molar refractivity (Wildman–Crippen MR) is 99.9 cm³/mol. The fourth-order valence-electron chi connectivity index (χ4n) is 2.75. The van der Waals surface area contributed by atoms with Crippen molar-refractivity contribution in [1.29, 1.82) is 0 Å². The van der Waals surface area contributed by atoms with Crippen LogP contribution in [0.3, 0.4) is 0 Å². The average Bonchev–Trinajstić information content (AvgIpc) is 3.11. The molecular formula is C20H22N4O2. The second-order valence-electron chi connectivity index (χ2n) is 5.88. The van der Waals surface area contributed by atoms with Gasteiger partial charge in [-0.05, 0) is 36.2 Å². The van der Waals surface area contributed by atoms with Gasteiger partial charge in [-0.25, -0.2) is 0 Å². The van der Waals surface area contributed by atoms with Crippen LogP contribution < -0.4 is 10.1 Å². The number of amides is 1. The third-order valence-corrected chi connectivity index (χ3v) is 4.01. The summed E-state index contributed by atoms with van der Waals surface area (Å²) in [5.74, 6) is 0.576. The Bertz CT molecular complexity index is 875. The van der Waals surface area contributed by atoms with E-state index in [0.717, 1.165) is 29.0 Å². The molecule has 134 valence electrons. The lowest BCUT2D eigenvalue weighted by Gasteiger charge is -2.07. The third kappa shape index (κ3) is 3.91. The summed E-state index contributed by atoms with van der Waals surface area (Å²) in [6.07, 6.45) is 4.33. The summed E-state index contributed by atoms with van der Waals surface area (Å²) in [6, 6.07) is 13.3. The summed E-state index contributed by atoms with van der Waals surface area (Å²) in [5.41, 5.74) is 3.08. The van der Waals surface area contributed by atoms with Crippen LogP contribution in [0.2, 0.25) is 0 Å². The van der Waals surface area contributed by atoms with Gasteiger partial charge in [-0.15, -0.1) is 0 Å². The van der Waals surface area contributed by atoms with Gasteiger partial charge in [0.05, 0.1) is 12.8 Å². The maximum absolute atomic E-state index is 12.7. The molecule has 3 rings (SSSR count). The number of carbonyl (C=O) groups excluding carboxylic acids is 1. The molecule has 0 aliphatic carbocycles. The lowest BCUT2D eigenvalue weighted by atomic mass is 10.1. The van der Waals surface area contributed by atoms with Crippen LogP contribution in [0.1, 0.15) is 29.4 Å². The van der Waals surface area contributed by atoms with Crippen molar-refractivity contribution in [2.45, 2.75) is 26.4 Å². The molecule has 2 heterocycles. The summed E-state index contributed by atoms with van der Waals surface area (Å²) in [6.45, 7) is 3.15. The number of benzene rings is 1. The van der Waals surface area contributed by atoms with E-state index in [2.05, 4.69) is 22.3 Å². The number of nitrogens with zero attached hydrogens (tertiary/aromatic N) is 3. The van der Waals surface area contributed by atoms with Crippen molar-refractivity contribution in [3.05, 3.63) is 66.1 Å². The standard InChI is InChI=1S/C20H22N4O2/c1-3-11-24-18(20(25)22-14-15-7-6-10-21-13-15)12-17(23-24)16-8-4-5-9-19(16)26-2/h4-10,12-13H,3,11,14H2,1-2H3,(H,22,25). The number of pyridine rings is 1. The molecule has 1 aromatic carbocycles. The first-order chi connectivity index (χ1) is 12.7. The Morgan fingerprint density at radius 3 is 2.81 bits per heavy atom. The molecule has 0 bridgehead atoms. The predicted octanol–water partition coefficient (Wildman–Crippen LogP) is 3.29. The molecule has 6 nitrogen and oxygen atoms in total. The Hall–Kier alpha value is -3.15. The van der Waals surface area contributed by atoms with Gasteiger partial charge in [0.1, 0.15) is 11.4 Å². The van der Waals surface area contributed by atoms with Gasteiger partial charge in [0.2, 0.25) is 0 Å². The molecule has 0 aliphatic rings. The molecule has 0 aliphatic heterocycles. The summed E-state index contributed by atoms with van der Waals surface area (Å²) >= 11 is 0. The molecule has 2 aromatic heterocycles. The van der Waals surface area contributed by atoms with Gasteiger partial charge in [0, 0.05) is 31.0 Å². The second-order valence-corrected chi connectivity index (χ2v) is 5.88. The van der Waals surface area contributed by atoms with Crippen LogP contribution in [-0.4, -0.2) is 27.8 Å². The Balaban J connectivity index is 1.86. The minimum atomic E-state index is -0.157. The van der Waals surface area contributed by atoms with Gasteiger partial charge in [-0.1, -0.05) is 25.1 Å². The molecular weight excluding hydrogens is 328 g/mol. The molecule has 1 amide bonds. The largest absolute Gasteiger partial charge is 0.496 e. The molecule has 0 unspecified atom stereocenters. The second kappa shape index (κ2) is 8.29. The fraction of sp³-hybridized carbons (Fsp3) is 0.250. The Labute approximate surface area is 152 Å². The molecule has 26 heavy (non-hydrogen) atoms. The lowest BCUT2D eigenvalue weighted by molar-refractivity contribution is 0.0940. The highest BCUT2D eigenvalue weighted by Gasteiger charge is 2.17. The summed E-state index contributed by atoms with van der Waals surface area (Å²) < 4.78 is 7.17. The summed E-state index contributed by atoms with van der Waals surface area (Å²) in [7, 11) is 1.63. The van der Waals surface area contributed by atoms with E-state index in [1.165, 1.54) is 0 Å². The first-order valence-corrected chi connectivity index (χ1v) is 8.61. The quantitative estimate of drug-likeness (QED) is 0.710. The molecule has 0 spiro atoms. The van der Waals surface area contributed by atoms with Crippen molar-refractivity contribution < 1.29 is 9.53 Å². The summed E-state index contributed by atoms with van der Waals surface area (Å²) in [4.78, 5) is 16.8. The number of rotatable bonds is 7. The zero-order valence-electron chi connectivity index (χ0n) is 15.0. The molecule has 6 heteroatoms. The number of ether oxygens (including phenoxy) is 1. The Morgan fingerprint density at radius 1 is 1.23 bits per heavy atom. The van der Waals surface area contributed by atoms with E-state index in [9.17, 15) is 4.79 Å². The minimum absolute atomic E-state index is 0.157. The van der Waals surface area contributed by atoms with Crippen molar-refractivity contribution >= 4 is 5.91 Å². The van der Waals surface area contributed by atoms with E-state index in [0.29, 0.717) is 18.8 Å². The van der Waals surface area contributed by atoms with Crippen molar-refractivity contribution in [2.75, 3.05) is 7.11 Å². The highest BCUT2D eigenvalue weighted by molar-refractivity contribution is 5.93. The van der Waals surface area contributed by atoms with Gasteiger partial charge < -0.3 is 10.1 Å². The van der Waals surface area contributed by atoms with Crippen LogP contribution >= 0.6 is 0 Å². The number of carbonyl (C=O) groups is 1. The van der Waals surface area contributed by atoms with Gasteiger partial charge in [0.15, 0.2) is 0 Å². The number of aryl methyl sites for hydroxylation is 1. The van der Waals surface area contributed by atoms with Crippen LogP contribution in [0.25, 0.3) is 11.3 Å². The van der Waals surface area contributed by atoms with E-state index in [1.54, 1.807) is 24.2 Å². The third-order valence-electron chi connectivity index (χ3n) is 4.01. The first kappa shape index (κ1) is 17.7. The average molecular weight is 350 g/mol. The summed E-state index contributed by atoms with van der Waals surface area (Å²) in [5, 5.41) is 7.55. The topological polar surface area (TPSA) is 69.0 Å². The number of aromatic nitrogens is 3. The number of methoxy groups -OCH3 is 1. The number of para-hydroxylation sites is 1. The maximum atomic E-state index is 12.7. The molecule has 0 atom stereocenters. The van der Waals surface area contributed by atoms with Gasteiger partial charge in [-0.3, -0.25) is 14.5 Å². The van der Waals surface area contributed by atoms with E-state index in [1.807, 2.05) is 42.5 Å². The lowest BCUT2D eigenvalue weighted by Crippen LogP contribution is -2.25. The molecule has 0 saturated carbocycles. The fourth-order valence-corrected chi connectivity index (χ4v) is 2.75. The van der Waals surface area contributed by atoms with Crippen molar-refractivity contribution in [3.63, 3.8) is 0 Å². The zero-order chi connectivity index (χ0) is 18.4. The maximum Gasteiger partial charge on any atom is 0.269 e. The normalized spacial score (nSPS) is 10.5. The highest BCUT2D eigenvalue weighted by Crippen LogP contribution is 2.29. The molecule has 0 fully saturated rings. The molecule has 0 radical (unpaired) electrons. The highest BCUT2D eigenvalue weighted by atomic mass is 16.5. The number of hydrogen-bond acceptors (Lipinski definition) is 4. The van der Waals surface area contributed by atoms with Crippen LogP contribution in [0, 0.1) is 0 Å². The zero-order valence-corrected chi connectivity index (χ0v) is 15.0. The van der Waals surface area contributed by atoms with Crippen LogP contribution in [-0.2, 0) is 13.1 Å². The molecule has 3 aromatic rings. The SMILES string of the molecule is CCCn1nc(-c2ccccc2OC)cc1C(=O)NCc1cccnc1. The van der Waals surface area contributed by atoms with Crippen LogP contribution in [0.15, 0.2) is 54.9 Å². The Kier molecular flexibility index (Phi) is 5.63. The smallest absolute Gasteiger partial charge is 0.269 e. The van der Waals surface area contributed by atoms with Gasteiger partial charge >= 0.3 is 0 Å². The van der Waals surface area contributed by atoms with E-state index < -0.39 is 0 Å². The first-order valence-electron chi connectivity index (χ1n) is 8.61. The van der Waals surface area contributed by atoms with Crippen molar-refractivity contribution in [1.82, 2.24) is 20.1 Å². The Morgan fingerprint density at radius 2 is 2.08 bits per heavy atom. The monoisotopic (exact) mass is 350 g/mol. The van der Waals surface area contributed by atoms with E-state index in [-0.39, 0.29) is 5.91 Å². The van der Waals surface area contributed by atoms with Crippen molar-refractivity contribution in [3.8, 4) is 17.0 Å². The van der Waals surface area contributed by atoms with E-state index in [4.69, 9.17) is 4.74 Å². The van der Waals surface area contributed by atoms with Crippen LogP contribution in [0.4, 0.5) is 0 Å². The number of nitrogens with one attached hydrogen (secondary N) is 1. The van der Waals surface area contributed by atoms with E-state index >= 15 is 0 Å². The number of hydrogen-bond donors (Lipinski definition) is 1. The molecule has 0 saturated heterocycles. The minimum Gasteiger partial charge on any atom is -0.496 e.